The van der Waals surface area contributed by atoms with Crippen LogP contribution in [-0.4, -0.2) is 50.8 Å². The highest BCUT2D eigenvalue weighted by Gasteiger charge is 2.20. The minimum absolute atomic E-state index is 0.0831. The van der Waals surface area contributed by atoms with Gasteiger partial charge in [0, 0.05) is 32.4 Å². The zero-order valence-corrected chi connectivity index (χ0v) is 18.8. The second-order valence-corrected chi connectivity index (χ2v) is 8.66. The monoisotopic (exact) mass is 419 g/mol. The second-order valence-electron chi connectivity index (χ2n) is 8.66. The van der Waals surface area contributed by atoms with Gasteiger partial charge in [-0.2, -0.15) is 5.10 Å². The van der Waals surface area contributed by atoms with Crippen LogP contribution in [0.3, 0.4) is 0 Å². The van der Waals surface area contributed by atoms with E-state index >= 15 is 0 Å². The third-order valence-corrected chi connectivity index (χ3v) is 6.27. The van der Waals surface area contributed by atoms with Crippen LogP contribution in [0, 0.1) is 6.92 Å². The van der Waals surface area contributed by atoms with E-state index in [2.05, 4.69) is 24.1 Å². The summed E-state index contributed by atoms with van der Waals surface area (Å²) >= 11 is 0. The third kappa shape index (κ3) is 4.90. The highest BCUT2D eigenvalue weighted by molar-refractivity contribution is 5.94. The molecule has 6 heteroatoms. The first-order valence-electron chi connectivity index (χ1n) is 11.3. The van der Waals surface area contributed by atoms with Crippen LogP contribution in [0.15, 0.2) is 48.7 Å². The largest absolute Gasteiger partial charge is 0.351 e. The number of rotatable bonds is 7. The molecule has 0 bridgehead atoms. The average Bonchev–Trinajstić information content (AvgIpc) is 3.39. The number of piperidine rings is 1. The number of amides is 1. The van der Waals surface area contributed by atoms with E-state index in [1.165, 1.54) is 31.4 Å². The van der Waals surface area contributed by atoms with Gasteiger partial charge in [0.05, 0.1) is 11.4 Å². The van der Waals surface area contributed by atoms with E-state index in [1.807, 2.05) is 60.3 Å². The normalized spacial score (nSPS) is 17.1. The number of carbonyl (C=O) groups is 1. The second kappa shape index (κ2) is 9.52. The third-order valence-electron chi connectivity index (χ3n) is 6.27. The lowest BCUT2D eigenvalue weighted by Crippen LogP contribution is -2.39. The van der Waals surface area contributed by atoms with Gasteiger partial charge in [-0.25, -0.2) is 4.68 Å². The Hall–Kier alpha value is -2.86. The predicted molar refractivity (Wildman–Crippen MR) is 125 cm³/mol. The van der Waals surface area contributed by atoms with Crippen LogP contribution >= 0.6 is 0 Å². The van der Waals surface area contributed by atoms with E-state index in [1.54, 1.807) is 4.68 Å². The van der Waals surface area contributed by atoms with E-state index < -0.39 is 0 Å². The van der Waals surface area contributed by atoms with E-state index in [-0.39, 0.29) is 5.91 Å². The quantitative estimate of drug-likeness (QED) is 0.585. The molecule has 31 heavy (non-hydrogen) atoms. The SMILES string of the molecule is Cc1ccc(-n2nc(-c3cccn3C)cc2C(=O)NCCCN2CCCC[C@H]2C)cc1. The first kappa shape index (κ1) is 21.4. The average molecular weight is 420 g/mol. The molecule has 1 fully saturated rings. The maximum absolute atomic E-state index is 13.1. The van der Waals surface area contributed by atoms with Crippen LogP contribution in [0.5, 0.6) is 0 Å². The van der Waals surface area contributed by atoms with Crippen molar-refractivity contribution in [3.63, 3.8) is 0 Å². The van der Waals surface area contributed by atoms with E-state index in [0.717, 1.165) is 30.0 Å². The zero-order valence-electron chi connectivity index (χ0n) is 18.8. The number of aromatic nitrogens is 3. The van der Waals surface area contributed by atoms with Crippen molar-refractivity contribution in [2.75, 3.05) is 19.6 Å². The lowest BCUT2D eigenvalue weighted by atomic mass is 10.0. The molecule has 0 aliphatic carbocycles. The van der Waals surface area contributed by atoms with Gasteiger partial charge in [-0.3, -0.25) is 4.79 Å². The number of hydrogen-bond donors (Lipinski definition) is 1. The summed E-state index contributed by atoms with van der Waals surface area (Å²) in [6.45, 7) is 7.24. The molecule has 1 aromatic carbocycles. The summed E-state index contributed by atoms with van der Waals surface area (Å²) in [5.74, 6) is -0.0831. The predicted octanol–water partition coefficient (Wildman–Crippen LogP) is 4.18. The van der Waals surface area contributed by atoms with Crippen molar-refractivity contribution in [3.05, 3.63) is 59.9 Å². The lowest BCUT2D eigenvalue weighted by Gasteiger charge is -2.33. The van der Waals surface area contributed by atoms with Crippen molar-refractivity contribution in [3.8, 4) is 17.1 Å². The Bertz CT molecular complexity index is 1020. The van der Waals surface area contributed by atoms with Gasteiger partial charge in [0.2, 0.25) is 0 Å². The summed E-state index contributed by atoms with van der Waals surface area (Å²) in [4.78, 5) is 15.6. The van der Waals surface area contributed by atoms with E-state index in [0.29, 0.717) is 18.3 Å². The molecule has 0 saturated carbocycles. The first-order chi connectivity index (χ1) is 15.0. The molecule has 1 aliphatic rings. The molecule has 6 nitrogen and oxygen atoms in total. The Labute approximate surface area is 184 Å². The molecule has 3 aromatic rings. The molecular weight excluding hydrogens is 386 g/mol. The zero-order chi connectivity index (χ0) is 21.8. The van der Waals surface area contributed by atoms with E-state index in [9.17, 15) is 4.79 Å². The van der Waals surface area contributed by atoms with Gasteiger partial charge in [-0.15, -0.1) is 0 Å². The van der Waals surface area contributed by atoms with Crippen molar-refractivity contribution in [2.24, 2.45) is 7.05 Å². The summed E-state index contributed by atoms with van der Waals surface area (Å²) < 4.78 is 3.77. The van der Waals surface area contributed by atoms with Gasteiger partial charge in [0.1, 0.15) is 11.4 Å². The van der Waals surface area contributed by atoms with Crippen molar-refractivity contribution < 1.29 is 4.79 Å². The van der Waals surface area contributed by atoms with Gasteiger partial charge in [0.15, 0.2) is 0 Å². The summed E-state index contributed by atoms with van der Waals surface area (Å²) in [7, 11) is 1.99. The molecule has 1 N–H and O–H groups in total. The lowest BCUT2D eigenvalue weighted by molar-refractivity contribution is 0.0941. The van der Waals surface area contributed by atoms with Crippen LogP contribution in [0.4, 0.5) is 0 Å². The molecule has 4 rings (SSSR count). The van der Waals surface area contributed by atoms with Crippen LogP contribution in [0.25, 0.3) is 17.1 Å². The molecule has 1 saturated heterocycles. The maximum Gasteiger partial charge on any atom is 0.270 e. The topological polar surface area (TPSA) is 55.1 Å². The minimum Gasteiger partial charge on any atom is -0.351 e. The summed E-state index contributed by atoms with van der Waals surface area (Å²) in [5.41, 5.74) is 4.40. The van der Waals surface area contributed by atoms with Crippen LogP contribution in [0.1, 0.15) is 48.7 Å². The molecule has 0 unspecified atom stereocenters. The molecule has 0 radical (unpaired) electrons. The van der Waals surface area contributed by atoms with Gasteiger partial charge in [-0.05, 0) is 70.0 Å². The van der Waals surface area contributed by atoms with Crippen LogP contribution in [0.2, 0.25) is 0 Å². The number of carbonyl (C=O) groups excluding carboxylic acids is 1. The smallest absolute Gasteiger partial charge is 0.270 e. The Kier molecular flexibility index (Phi) is 6.56. The van der Waals surface area contributed by atoms with Crippen molar-refractivity contribution in [2.45, 2.75) is 45.6 Å². The van der Waals surface area contributed by atoms with Crippen LogP contribution < -0.4 is 5.32 Å². The molecule has 164 valence electrons. The Morgan fingerprint density at radius 2 is 2.00 bits per heavy atom. The van der Waals surface area contributed by atoms with Crippen LogP contribution in [-0.2, 0) is 7.05 Å². The van der Waals surface area contributed by atoms with Gasteiger partial charge >= 0.3 is 0 Å². The number of nitrogens with one attached hydrogen (secondary N) is 1. The Morgan fingerprint density at radius 3 is 2.71 bits per heavy atom. The van der Waals surface area contributed by atoms with Crippen molar-refractivity contribution >= 4 is 5.91 Å². The molecular formula is C25H33N5O. The molecule has 2 aromatic heterocycles. The van der Waals surface area contributed by atoms with Gasteiger partial charge in [-0.1, -0.05) is 24.1 Å². The summed E-state index contributed by atoms with van der Waals surface area (Å²) in [5, 5.41) is 7.89. The fourth-order valence-corrected chi connectivity index (χ4v) is 4.34. The molecule has 1 amide bonds. The minimum atomic E-state index is -0.0831. The highest BCUT2D eigenvalue weighted by Crippen LogP contribution is 2.22. The Morgan fingerprint density at radius 1 is 1.19 bits per heavy atom. The molecule has 1 atom stereocenters. The Balaban J connectivity index is 1.49. The maximum atomic E-state index is 13.1. The molecule has 0 spiro atoms. The number of aryl methyl sites for hydroxylation is 2. The fraction of sp³-hybridized carbons (Fsp3) is 0.440. The first-order valence-corrected chi connectivity index (χ1v) is 11.3. The van der Waals surface area contributed by atoms with E-state index in [4.69, 9.17) is 5.10 Å². The fourth-order valence-electron chi connectivity index (χ4n) is 4.34. The van der Waals surface area contributed by atoms with Gasteiger partial charge < -0.3 is 14.8 Å². The number of nitrogens with zero attached hydrogens (tertiary/aromatic N) is 4. The highest BCUT2D eigenvalue weighted by atomic mass is 16.2. The van der Waals surface area contributed by atoms with Gasteiger partial charge in [0.25, 0.3) is 5.91 Å². The van der Waals surface area contributed by atoms with Crippen molar-refractivity contribution in [1.29, 1.82) is 0 Å². The number of benzene rings is 1. The number of likely N-dealkylation sites (tertiary alicyclic amines) is 1. The summed E-state index contributed by atoms with van der Waals surface area (Å²) in [6.07, 6.45) is 6.85. The summed E-state index contributed by atoms with van der Waals surface area (Å²) in [6, 6.07) is 14.6. The molecule has 3 heterocycles. The molecule has 1 aliphatic heterocycles. The standard InChI is InChI=1S/C25H33N5O/c1-19-10-12-21(13-11-19)30-24(18-22(27-30)23-9-6-15-28(23)3)25(31)26-14-7-17-29-16-5-4-8-20(29)2/h6,9-13,15,18,20H,4-5,7-8,14,16-17H2,1-3H3,(H,26,31)/t20-/m1/s1. The van der Waals surface area contributed by atoms with Crippen molar-refractivity contribution in [1.82, 2.24) is 24.6 Å². The number of hydrogen-bond acceptors (Lipinski definition) is 3.